The van der Waals surface area contributed by atoms with Crippen LogP contribution in [0.3, 0.4) is 0 Å². The first-order chi connectivity index (χ1) is 11.6. The van der Waals surface area contributed by atoms with E-state index in [1.807, 2.05) is 49.4 Å². The number of carbonyl (C=O) groups is 1. The number of carboxylic acids is 1. The molecule has 0 spiro atoms. The van der Waals surface area contributed by atoms with E-state index in [-0.39, 0.29) is 5.92 Å². The second-order valence-corrected chi connectivity index (χ2v) is 6.26. The summed E-state index contributed by atoms with van der Waals surface area (Å²) in [6, 6.07) is 13.6. The Bertz CT molecular complexity index is 732. The molecule has 1 aromatic heterocycles. The number of pyridine rings is 1. The molecular formula is C19H22N2O3. The number of carboxylic acid groups (broad SMARTS) is 1. The van der Waals surface area contributed by atoms with E-state index in [1.165, 1.54) is 0 Å². The summed E-state index contributed by atoms with van der Waals surface area (Å²) in [6.07, 6.45) is 0. The van der Waals surface area contributed by atoms with Crippen LogP contribution in [0.5, 0.6) is 5.75 Å². The maximum Gasteiger partial charge on any atom is 0.308 e. The summed E-state index contributed by atoms with van der Waals surface area (Å²) in [7, 11) is 1.62. The van der Waals surface area contributed by atoms with Gasteiger partial charge in [0.1, 0.15) is 5.75 Å². The first-order valence-corrected chi connectivity index (χ1v) is 8.09. The van der Waals surface area contributed by atoms with Crippen molar-refractivity contribution < 1.29 is 14.6 Å². The van der Waals surface area contributed by atoms with Crippen molar-refractivity contribution in [1.82, 2.24) is 9.88 Å². The van der Waals surface area contributed by atoms with Crippen LogP contribution in [-0.4, -0.2) is 41.2 Å². The second kappa shape index (κ2) is 7.01. The Balaban J connectivity index is 1.83. The molecule has 0 aliphatic carbocycles. The fourth-order valence-corrected chi connectivity index (χ4v) is 3.47. The molecule has 5 nitrogen and oxygen atoms in total. The smallest absolute Gasteiger partial charge is 0.308 e. The zero-order valence-corrected chi connectivity index (χ0v) is 14.0. The quantitative estimate of drug-likeness (QED) is 0.915. The third-order valence-corrected chi connectivity index (χ3v) is 4.58. The first kappa shape index (κ1) is 16.5. The summed E-state index contributed by atoms with van der Waals surface area (Å²) in [5.74, 6) is -0.524. The number of nitrogens with zero attached hydrogens (tertiary/aromatic N) is 2. The average molecular weight is 326 g/mol. The minimum absolute atomic E-state index is 0.0801. The molecule has 5 heteroatoms. The fraction of sp³-hybridized carbons (Fsp3) is 0.368. The molecule has 2 heterocycles. The van der Waals surface area contributed by atoms with Gasteiger partial charge < -0.3 is 9.84 Å². The van der Waals surface area contributed by atoms with Gasteiger partial charge in [0, 0.05) is 31.2 Å². The Morgan fingerprint density at radius 2 is 2.04 bits per heavy atom. The highest BCUT2D eigenvalue weighted by molar-refractivity contribution is 5.72. The summed E-state index contributed by atoms with van der Waals surface area (Å²) in [6.45, 7) is 3.84. The third kappa shape index (κ3) is 3.41. The summed E-state index contributed by atoms with van der Waals surface area (Å²) in [4.78, 5) is 18.4. The molecule has 0 saturated carbocycles. The monoisotopic (exact) mass is 326 g/mol. The number of hydrogen-bond donors (Lipinski definition) is 1. The van der Waals surface area contributed by atoms with Gasteiger partial charge >= 0.3 is 5.97 Å². The van der Waals surface area contributed by atoms with Crippen LogP contribution < -0.4 is 4.74 Å². The number of ether oxygens (including phenoxy) is 1. The molecule has 3 rings (SSSR count). The minimum Gasteiger partial charge on any atom is -0.496 e. The average Bonchev–Trinajstić information content (AvgIpc) is 2.98. The van der Waals surface area contributed by atoms with E-state index < -0.39 is 11.9 Å². The van der Waals surface area contributed by atoms with Crippen LogP contribution >= 0.6 is 0 Å². The maximum absolute atomic E-state index is 11.8. The maximum atomic E-state index is 11.8. The number of para-hydroxylation sites is 1. The van der Waals surface area contributed by atoms with Gasteiger partial charge in [-0.3, -0.25) is 14.7 Å². The van der Waals surface area contributed by atoms with Gasteiger partial charge in [0.2, 0.25) is 0 Å². The molecule has 24 heavy (non-hydrogen) atoms. The zero-order valence-electron chi connectivity index (χ0n) is 14.0. The molecule has 1 fully saturated rings. The van der Waals surface area contributed by atoms with E-state index in [0.717, 1.165) is 22.7 Å². The predicted molar refractivity (Wildman–Crippen MR) is 91.1 cm³/mol. The van der Waals surface area contributed by atoms with Gasteiger partial charge in [-0.2, -0.15) is 0 Å². The SMILES string of the molecule is COc1ccccc1[C@H]1CN(Cc2cccc(C)n2)C[C@@H]1C(=O)O. The Kier molecular flexibility index (Phi) is 4.81. The van der Waals surface area contributed by atoms with Gasteiger partial charge in [-0.05, 0) is 30.7 Å². The molecule has 1 N–H and O–H groups in total. The molecule has 1 aromatic carbocycles. The first-order valence-electron chi connectivity index (χ1n) is 8.09. The van der Waals surface area contributed by atoms with Crippen LogP contribution in [0.1, 0.15) is 22.9 Å². The number of hydrogen-bond acceptors (Lipinski definition) is 4. The van der Waals surface area contributed by atoms with Gasteiger partial charge in [-0.15, -0.1) is 0 Å². The largest absolute Gasteiger partial charge is 0.496 e. The normalized spacial score (nSPS) is 20.9. The fourth-order valence-electron chi connectivity index (χ4n) is 3.47. The number of methoxy groups -OCH3 is 1. The molecule has 0 bridgehead atoms. The zero-order chi connectivity index (χ0) is 17.1. The van der Waals surface area contributed by atoms with Crippen molar-refractivity contribution in [2.45, 2.75) is 19.4 Å². The summed E-state index contributed by atoms with van der Waals surface area (Å²) in [5.41, 5.74) is 2.91. The van der Waals surface area contributed by atoms with Gasteiger partial charge in [0.25, 0.3) is 0 Å². The highest BCUT2D eigenvalue weighted by atomic mass is 16.5. The molecule has 0 unspecified atom stereocenters. The summed E-state index contributed by atoms with van der Waals surface area (Å²) >= 11 is 0. The Labute approximate surface area is 141 Å². The van der Waals surface area contributed by atoms with E-state index in [0.29, 0.717) is 19.6 Å². The van der Waals surface area contributed by atoms with E-state index >= 15 is 0 Å². The van der Waals surface area contributed by atoms with E-state index in [9.17, 15) is 9.90 Å². The number of likely N-dealkylation sites (tertiary alicyclic amines) is 1. The van der Waals surface area contributed by atoms with Crippen LogP contribution in [0.2, 0.25) is 0 Å². The Hall–Kier alpha value is -2.40. The van der Waals surface area contributed by atoms with Crippen LogP contribution in [0, 0.1) is 12.8 Å². The van der Waals surface area contributed by atoms with Crippen molar-refractivity contribution >= 4 is 5.97 Å². The minimum atomic E-state index is -0.759. The Morgan fingerprint density at radius 3 is 2.75 bits per heavy atom. The van der Waals surface area contributed by atoms with Gasteiger partial charge in [0.05, 0.1) is 18.7 Å². The predicted octanol–water partition coefficient (Wildman–Crippen LogP) is 2.70. The lowest BCUT2D eigenvalue weighted by Crippen LogP contribution is -2.23. The molecule has 1 saturated heterocycles. The van der Waals surface area contributed by atoms with E-state index in [1.54, 1.807) is 7.11 Å². The van der Waals surface area contributed by atoms with Gasteiger partial charge in [0.15, 0.2) is 0 Å². The van der Waals surface area contributed by atoms with E-state index in [2.05, 4.69) is 9.88 Å². The van der Waals surface area contributed by atoms with Crippen molar-refractivity contribution in [2.75, 3.05) is 20.2 Å². The van der Waals surface area contributed by atoms with Crippen LogP contribution in [-0.2, 0) is 11.3 Å². The van der Waals surface area contributed by atoms with Crippen LogP contribution in [0.4, 0.5) is 0 Å². The van der Waals surface area contributed by atoms with Gasteiger partial charge in [-0.25, -0.2) is 0 Å². The van der Waals surface area contributed by atoms with E-state index in [4.69, 9.17) is 4.74 Å². The standard InChI is InChI=1S/C19H22N2O3/c1-13-6-5-7-14(20-13)10-21-11-16(17(12-21)19(22)23)15-8-3-4-9-18(15)24-2/h3-9,16-17H,10-12H2,1-2H3,(H,22,23)/t16-,17+/m1/s1. The number of aryl methyl sites for hydroxylation is 1. The van der Waals surface area contributed by atoms with Crippen molar-refractivity contribution in [3.05, 3.63) is 59.4 Å². The molecular weight excluding hydrogens is 304 g/mol. The van der Waals surface area contributed by atoms with Crippen LogP contribution in [0.15, 0.2) is 42.5 Å². The number of rotatable bonds is 5. The van der Waals surface area contributed by atoms with Crippen molar-refractivity contribution in [1.29, 1.82) is 0 Å². The summed E-state index contributed by atoms with van der Waals surface area (Å²) < 4.78 is 5.43. The molecule has 2 aromatic rings. The second-order valence-electron chi connectivity index (χ2n) is 6.26. The number of aromatic nitrogens is 1. The Morgan fingerprint density at radius 1 is 1.25 bits per heavy atom. The molecule has 2 atom stereocenters. The molecule has 0 radical (unpaired) electrons. The number of aliphatic carboxylic acids is 1. The van der Waals surface area contributed by atoms with Gasteiger partial charge in [-0.1, -0.05) is 24.3 Å². The lowest BCUT2D eigenvalue weighted by atomic mass is 9.88. The van der Waals surface area contributed by atoms with Crippen LogP contribution in [0.25, 0.3) is 0 Å². The highest BCUT2D eigenvalue weighted by Crippen LogP contribution is 2.38. The third-order valence-electron chi connectivity index (χ3n) is 4.58. The molecule has 126 valence electrons. The molecule has 0 amide bonds. The molecule has 1 aliphatic heterocycles. The molecule has 1 aliphatic rings. The topological polar surface area (TPSA) is 62.7 Å². The lowest BCUT2D eigenvalue weighted by Gasteiger charge is -2.18. The van der Waals surface area contributed by atoms with Crippen molar-refractivity contribution in [3.8, 4) is 5.75 Å². The van der Waals surface area contributed by atoms with Crippen molar-refractivity contribution in [2.24, 2.45) is 5.92 Å². The van der Waals surface area contributed by atoms with Crippen molar-refractivity contribution in [3.63, 3.8) is 0 Å². The number of benzene rings is 1. The highest BCUT2D eigenvalue weighted by Gasteiger charge is 2.39. The summed E-state index contributed by atoms with van der Waals surface area (Å²) in [5, 5.41) is 9.65. The lowest BCUT2D eigenvalue weighted by molar-refractivity contribution is -0.141.